The first kappa shape index (κ1) is 12.8. The van der Waals surface area contributed by atoms with Crippen LogP contribution in [0.5, 0.6) is 0 Å². The topological polar surface area (TPSA) is 60.7 Å². The number of aliphatic hydroxyl groups excluding tert-OH is 3. The summed E-state index contributed by atoms with van der Waals surface area (Å²) in [5.74, 6) is -0.0443. The molecule has 0 fully saturated rings. The fraction of sp³-hybridized carbons (Fsp3) is 1.00. The van der Waals surface area contributed by atoms with Gasteiger partial charge in [-0.25, -0.2) is 0 Å². The predicted molar refractivity (Wildman–Crippen MR) is 41.2 cm³/mol. The first-order chi connectivity index (χ1) is 4.35. The van der Waals surface area contributed by atoms with Crippen LogP contribution in [0.4, 0.5) is 0 Å². The van der Waals surface area contributed by atoms with E-state index in [1.54, 1.807) is 0 Å². The predicted octanol–water partition coefficient (Wildman–Crippen LogP) is -0.219. The molecule has 0 aromatic carbocycles. The van der Waals surface area contributed by atoms with E-state index in [1.807, 2.05) is 0 Å². The van der Waals surface area contributed by atoms with Crippen LogP contribution in [0.3, 0.4) is 0 Å². The van der Waals surface area contributed by atoms with Crippen LogP contribution in [0, 0.1) is 5.92 Å². The van der Waals surface area contributed by atoms with Crippen molar-refractivity contribution < 1.29 is 15.3 Å². The van der Waals surface area contributed by atoms with Gasteiger partial charge in [-0.2, -0.15) is 0 Å². The summed E-state index contributed by atoms with van der Waals surface area (Å²) >= 11 is 0. The van der Waals surface area contributed by atoms with Crippen molar-refractivity contribution >= 4 is 12.4 Å². The summed E-state index contributed by atoms with van der Waals surface area (Å²) in [4.78, 5) is 0. The highest BCUT2D eigenvalue weighted by Crippen LogP contribution is 2.02. The molecule has 10 heavy (non-hydrogen) atoms. The molecule has 4 heteroatoms. The lowest BCUT2D eigenvalue weighted by Crippen LogP contribution is -2.11. The Morgan fingerprint density at radius 1 is 1.00 bits per heavy atom. The van der Waals surface area contributed by atoms with Crippen molar-refractivity contribution in [3.8, 4) is 0 Å². The third-order valence-electron chi connectivity index (χ3n) is 1.29. The van der Waals surface area contributed by atoms with E-state index < -0.39 is 0 Å². The first-order valence-corrected chi connectivity index (χ1v) is 3.17. The molecule has 0 aliphatic rings. The van der Waals surface area contributed by atoms with Crippen LogP contribution in [0.2, 0.25) is 0 Å². The number of hydrogen-bond acceptors (Lipinski definition) is 3. The fourth-order valence-electron chi connectivity index (χ4n) is 0.620. The zero-order chi connectivity index (χ0) is 7.11. The van der Waals surface area contributed by atoms with Crippen molar-refractivity contribution in [1.29, 1.82) is 0 Å². The number of hydrogen-bond donors (Lipinski definition) is 3. The standard InChI is InChI=1S/C6H14O3.ClH/c7-3-1-2-6(4-8)5-9;/h6-9H,1-5H2;1H. The Labute approximate surface area is 67.1 Å². The van der Waals surface area contributed by atoms with Crippen molar-refractivity contribution in [2.24, 2.45) is 5.92 Å². The van der Waals surface area contributed by atoms with Gasteiger partial charge in [-0.3, -0.25) is 0 Å². The second-order valence-corrected chi connectivity index (χ2v) is 2.10. The van der Waals surface area contributed by atoms with Crippen LogP contribution in [0.25, 0.3) is 0 Å². The molecule has 0 aliphatic carbocycles. The van der Waals surface area contributed by atoms with Gasteiger partial charge in [-0.15, -0.1) is 12.4 Å². The average Bonchev–Trinajstić information content (AvgIpc) is 1.91. The number of halogens is 1. The van der Waals surface area contributed by atoms with E-state index in [0.29, 0.717) is 12.8 Å². The van der Waals surface area contributed by atoms with Gasteiger partial charge < -0.3 is 15.3 Å². The van der Waals surface area contributed by atoms with Crippen LogP contribution in [0.1, 0.15) is 12.8 Å². The summed E-state index contributed by atoms with van der Waals surface area (Å²) < 4.78 is 0. The van der Waals surface area contributed by atoms with E-state index in [1.165, 1.54) is 0 Å². The minimum Gasteiger partial charge on any atom is -0.396 e. The molecular weight excluding hydrogens is 156 g/mol. The smallest absolute Gasteiger partial charge is 0.0481 e. The molecule has 0 saturated heterocycles. The maximum absolute atomic E-state index is 8.51. The highest BCUT2D eigenvalue weighted by atomic mass is 35.5. The summed E-state index contributed by atoms with van der Waals surface area (Å²) in [6.07, 6.45) is 1.36. The molecule has 3 N–H and O–H groups in total. The summed E-state index contributed by atoms with van der Waals surface area (Å²) in [5, 5.41) is 25.4. The van der Waals surface area contributed by atoms with E-state index >= 15 is 0 Å². The minimum atomic E-state index is -0.0443. The molecule has 3 nitrogen and oxygen atoms in total. The SMILES string of the molecule is Cl.OCCCC(CO)CO. The molecule has 0 aromatic heterocycles. The lowest BCUT2D eigenvalue weighted by Gasteiger charge is -2.07. The van der Waals surface area contributed by atoms with Crippen molar-refractivity contribution in [3.05, 3.63) is 0 Å². The van der Waals surface area contributed by atoms with Crippen LogP contribution >= 0.6 is 12.4 Å². The summed E-state index contributed by atoms with van der Waals surface area (Å²) in [6.45, 7) is 0.156. The molecule has 0 aromatic rings. The van der Waals surface area contributed by atoms with Crippen LogP contribution < -0.4 is 0 Å². The second-order valence-electron chi connectivity index (χ2n) is 2.10. The maximum atomic E-state index is 8.51. The van der Waals surface area contributed by atoms with Gasteiger partial charge in [0, 0.05) is 25.7 Å². The molecule has 0 heterocycles. The van der Waals surface area contributed by atoms with Crippen molar-refractivity contribution in [1.82, 2.24) is 0 Å². The van der Waals surface area contributed by atoms with Crippen LogP contribution in [-0.4, -0.2) is 35.1 Å². The summed E-state index contributed by atoms with van der Waals surface area (Å²) in [7, 11) is 0. The lowest BCUT2D eigenvalue weighted by atomic mass is 10.1. The summed E-state index contributed by atoms with van der Waals surface area (Å²) in [5.41, 5.74) is 0. The Morgan fingerprint density at radius 2 is 1.50 bits per heavy atom. The molecule has 0 atom stereocenters. The van der Waals surface area contributed by atoms with Crippen molar-refractivity contribution in [2.45, 2.75) is 12.8 Å². The fourth-order valence-corrected chi connectivity index (χ4v) is 0.620. The molecular formula is C6H15ClO3. The molecule has 0 spiro atoms. The van der Waals surface area contributed by atoms with E-state index in [4.69, 9.17) is 15.3 Å². The highest BCUT2D eigenvalue weighted by Gasteiger charge is 2.03. The van der Waals surface area contributed by atoms with Gasteiger partial charge in [-0.05, 0) is 12.8 Å². The highest BCUT2D eigenvalue weighted by molar-refractivity contribution is 5.85. The monoisotopic (exact) mass is 170 g/mol. The van der Waals surface area contributed by atoms with Crippen molar-refractivity contribution in [2.75, 3.05) is 19.8 Å². The van der Waals surface area contributed by atoms with Gasteiger partial charge in [-0.1, -0.05) is 0 Å². The minimum absolute atomic E-state index is 0. The molecule has 0 bridgehead atoms. The van der Waals surface area contributed by atoms with Gasteiger partial charge in [0.15, 0.2) is 0 Å². The summed E-state index contributed by atoms with van der Waals surface area (Å²) in [6, 6.07) is 0. The Balaban J connectivity index is 0. The normalized spacial score (nSPS) is 9.60. The van der Waals surface area contributed by atoms with Gasteiger partial charge >= 0.3 is 0 Å². The van der Waals surface area contributed by atoms with E-state index in [0.717, 1.165) is 0 Å². The van der Waals surface area contributed by atoms with Gasteiger partial charge in [0.1, 0.15) is 0 Å². The van der Waals surface area contributed by atoms with E-state index in [-0.39, 0.29) is 38.1 Å². The zero-order valence-electron chi connectivity index (χ0n) is 5.86. The second kappa shape index (κ2) is 9.17. The molecule has 0 saturated carbocycles. The van der Waals surface area contributed by atoms with E-state index in [9.17, 15) is 0 Å². The molecule has 0 amide bonds. The Morgan fingerprint density at radius 3 is 1.80 bits per heavy atom. The quantitative estimate of drug-likeness (QED) is 0.535. The van der Waals surface area contributed by atoms with Gasteiger partial charge in [0.25, 0.3) is 0 Å². The third-order valence-corrected chi connectivity index (χ3v) is 1.29. The van der Waals surface area contributed by atoms with Crippen LogP contribution in [-0.2, 0) is 0 Å². The Bertz CT molecular complexity index is 57.0. The number of rotatable bonds is 5. The largest absolute Gasteiger partial charge is 0.396 e. The maximum Gasteiger partial charge on any atom is 0.0481 e. The lowest BCUT2D eigenvalue weighted by molar-refractivity contribution is 0.136. The zero-order valence-corrected chi connectivity index (χ0v) is 6.68. The van der Waals surface area contributed by atoms with Gasteiger partial charge in [0.05, 0.1) is 0 Å². The molecule has 0 aliphatic heterocycles. The number of aliphatic hydroxyl groups is 3. The Kier molecular flexibility index (Phi) is 11.7. The first-order valence-electron chi connectivity index (χ1n) is 3.17. The molecule has 0 unspecified atom stereocenters. The Hall–Kier alpha value is 0.170. The van der Waals surface area contributed by atoms with Crippen molar-refractivity contribution in [3.63, 3.8) is 0 Å². The molecule has 0 radical (unpaired) electrons. The third kappa shape index (κ3) is 6.29. The molecule has 0 rings (SSSR count). The van der Waals surface area contributed by atoms with Gasteiger partial charge in [0.2, 0.25) is 0 Å². The molecule has 64 valence electrons. The average molecular weight is 171 g/mol. The van der Waals surface area contributed by atoms with Crippen LogP contribution in [0.15, 0.2) is 0 Å². The van der Waals surface area contributed by atoms with E-state index in [2.05, 4.69) is 0 Å².